The smallest absolute Gasteiger partial charge is 0.147 e. The van der Waals surface area contributed by atoms with Crippen LogP contribution in [-0.2, 0) is 0 Å². The van der Waals surface area contributed by atoms with Gasteiger partial charge in [-0.25, -0.2) is 4.98 Å². The Balaban J connectivity index is 0.00000131. The molecule has 1 aromatic carbocycles. The minimum Gasteiger partial charge on any atom is -0.355 e. The van der Waals surface area contributed by atoms with Crippen molar-refractivity contribution in [1.29, 1.82) is 5.26 Å². The van der Waals surface area contributed by atoms with Crippen LogP contribution in [0, 0.1) is 30.1 Å². The van der Waals surface area contributed by atoms with Gasteiger partial charge in [0.1, 0.15) is 11.9 Å². The largest absolute Gasteiger partial charge is 0.355 e. The first-order valence-electron chi connectivity index (χ1n) is 9.53. The predicted molar refractivity (Wildman–Crippen MR) is 116 cm³/mol. The molecule has 0 spiro atoms. The highest BCUT2D eigenvalue weighted by Crippen LogP contribution is 2.34. The number of para-hydroxylation sites is 1. The first kappa shape index (κ1) is 21.8. The van der Waals surface area contributed by atoms with Crippen molar-refractivity contribution in [2.45, 2.75) is 32.6 Å². The van der Waals surface area contributed by atoms with E-state index in [1.807, 2.05) is 19.1 Å². The molecule has 2 fully saturated rings. The van der Waals surface area contributed by atoms with Crippen molar-refractivity contribution in [3.05, 3.63) is 35.4 Å². The topological polar surface area (TPSA) is 52.0 Å². The number of anilines is 1. The number of hydrogen-bond donors (Lipinski definition) is 1. The molecule has 0 radical (unpaired) electrons. The van der Waals surface area contributed by atoms with Crippen molar-refractivity contribution in [1.82, 2.24) is 10.3 Å². The van der Waals surface area contributed by atoms with E-state index in [0.29, 0.717) is 0 Å². The third-order valence-corrected chi connectivity index (χ3v) is 6.13. The molecule has 2 saturated heterocycles. The van der Waals surface area contributed by atoms with Crippen molar-refractivity contribution in [2.75, 3.05) is 31.1 Å². The fourth-order valence-corrected chi connectivity index (χ4v) is 4.62. The number of hydrogen-bond acceptors (Lipinski definition) is 4. The lowest BCUT2D eigenvalue weighted by Gasteiger charge is -2.38. The van der Waals surface area contributed by atoms with Crippen molar-refractivity contribution in [3.8, 4) is 6.07 Å². The van der Waals surface area contributed by atoms with Crippen LogP contribution in [0.1, 0.15) is 36.8 Å². The Hall–Kier alpha value is -1.54. The average molecular weight is 407 g/mol. The Kier molecular flexibility index (Phi) is 7.73. The molecule has 3 heterocycles. The zero-order valence-corrected chi connectivity index (χ0v) is 17.4. The molecule has 146 valence electrons. The van der Waals surface area contributed by atoms with Gasteiger partial charge in [-0.05, 0) is 69.2 Å². The van der Waals surface area contributed by atoms with E-state index in [-0.39, 0.29) is 24.8 Å². The summed E-state index contributed by atoms with van der Waals surface area (Å²) in [5.41, 5.74) is 2.80. The van der Waals surface area contributed by atoms with Crippen molar-refractivity contribution >= 4 is 41.5 Å². The summed E-state index contributed by atoms with van der Waals surface area (Å²) in [6, 6.07) is 10.6. The van der Waals surface area contributed by atoms with Crippen LogP contribution in [0.5, 0.6) is 0 Å². The number of halogens is 2. The van der Waals surface area contributed by atoms with Gasteiger partial charge in [0.25, 0.3) is 0 Å². The third-order valence-electron chi connectivity index (χ3n) is 6.13. The van der Waals surface area contributed by atoms with E-state index in [2.05, 4.69) is 28.4 Å². The number of nitrogens with one attached hydrogen (secondary N) is 1. The van der Waals surface area contributed by atoms with E-state index >= 15 is 0 Å². The molecule has 0 atom stereocenters. The van der Waals surface area contributed by atoms with Crippen LogP contribution in [0.15, 0.2) is 24.3 Å². The minimum absolute atomic E-state index is 0. The third kappa shape index (κ3) is 4.32. The normalized spacial score (nSPS) is 18.4. The number of benzene rings is 1. The van der Waals surface area contributed by atoms with Gasteiger partial charge >= 0.3 is 0 Å². The lowest BCUT2D eigenvalue weighted by molar-refractivity contribution is 0.222. The van der Waals surface area contributed by atoms with Crippen LogP contribution in [-0.4, -0.2) is 31.2 Å². The van der Waals surface area contributed by atoms with Gasteiger partial charge in [0, 0.05) is 18.5 Å². The van der Waals surface area contributed by atoms with Gasteiger partial charge in [-0.3, -0.25) is 0 Å². The monoisotopic (exact) mass is 406 g/mol. The number of rotatable bonds is 2. The molecular weight excluding hydrogens is 379 g/mol. The maximum atomic E-state index is 9.72. The summed E-state index contributed by atoms with van der Waals surface area (Å²) in [4.78, 5) is 7.20. The molecule has 2 aliphatic rings. The number of pyridine rings is 1. The molecular formula is C21H28Cl2N4. The van der Waals surface area contributed by atoms with Gasteiger partial charge in [-0.1, -0.05) is 18.2 Å². The first-order valence-corrected chi connectivity index (χ1v) is 9.53. The lowest BCUT2D eigenvalue weighted by atomic mass is 9.79. The maximum absolute atomic E-state index is 9.72. The number of fused-ring (bicyclic) bond motifs is 1. The molecule has 1 N–H and O–H groups in total. The summed E-state index contributed by atoms with van der Waals surface area (Å²) < 4.78 is 0. The lowest BCUT2D eigenvalue weighted by Crippen LogP contribution is -2.40. The Bertz CT molecular complexity index is 804. The summed E-state index contributed by atoms with van der Waals surface area (Å²) in [5.74, 6) is 2.61. The number of aromatic nitrogens is 1. The van der Waals surface area contributed by atoms with Gasteiger partial charge in [-0.2, -0.15) is 5.26 Å². The fourth-order valence-electron chi connectivity index (χ4n) is 4.62. The van der Waals surface area contributed by atoms with Crippen LogP contribution < -0.4 is 10.2 Å². The van der Waals surface area contributed by atoms with E-state index < -0.39 is 0 Å². The molecule has 0 saturated carbocycles. The summed E-state index contributed by atoms with van der Waals surface area (Å²) in [7, 11) is 0. The number of nitrogens with zero attached hydrogens (tertiary/aromatic N) is 3. The van der Waals surface area contributed by atoms with Crippen LogP contribution in [0.4, 0.5) is 5.82 Å². The van der Waals surface area contributed by atoms with Crippen LogP contribution in [0.3, 0.4) is 0 Å². The maximum Gasteiger partial charge on any atom is 0.147 e. The second-order valence-corrected chi connectivity index (χ2v) is 7.48. The molecule has 4 nitrogen and oxygen atoms in total. The molecule has 0 aliphatic carbocycles. The molecule has 1 aromatic heterocycles. The Morgan fingerprint density at radius 1 is 1.04 bits per heavy atom. The zero-order valence-electron chi connectivity index (χ0n) is 15.8. The van der Waals surface area contributed by atoms with Crippen LogP contribution >= 0.6 is 24.8 Å². The van der Waals surface area contributed by atoms with Gasteiger partial charge in [0.05, 0.1) is 11.1 Å². The molecule has 0 amide bonds. The molecule has 27 heavy (non-hydrogen) atoms. The van der Waals surface area contributed by atoms with E-state index in [1.54, 1.807) is 0 Å². The van der Waals surface area contributed by atoms with Gasteiger partial charge in [-0.15, -0.1) is 24.8 Å². The first-order chi connectivity index (χ1) is 12.3. The highest BCUT2D eigenvalue weighted by molar-refractivity contribution is 5.87. The van der Waals surface area contributed by atoms with Gasteiger partial charge in [0.15, 0.2) is 0 Å². The molecule has 2 aromatic rings. The summed E-state index contributed by atoms with van der Waals surface area (Å²) in [5, 5.41) is 14.3. The van der Waals surface area contributed by atoms with Crippen molar-refractivity contribution in [3.63, 3.8) is 0 Å². The highest BCUT2D eigenvalue weighted by atomic mass is 35.5. The van der Waals surface area contributed by atoms with Crippen LogP contribution in [0.25, 0.3) is 10.9 Å². The summed E-state index contributed by atoms with van der Waals surface area (Å²) in [6.45, 7) is 6.44. The van der Waals surface area contributed by atoms with Gasteiger partial charge < -0.3 is 10.2 Å². The van der Waals surface area contributed by atoms with E-state index in [1.165, 1.54) is 38.8 Å². The Labute approximate surface area is 174 Å². The number of nitriles is 1. The molecule has 2 aliphatic heterocycles. The summed E-state index contributed by atoms with van der Waals surface area (Å²) >= 11 is 0. The fraction of sp³-hybridized carbons (Fsp3) is 0.524. The SMILES string of the molecule is Cc1c(C#N)c(N2CCC(C3CCNCC3)CC2)nc2ccccc12.Cl.Cl. The Morgan fingerprint density at radius 2 is 1.67 bits per heavy atom. The second-order valence-electron chi connectivity index (χ2n) is 7.48. The minimum atomic E-state index is 0. The molecule has 0 bridgehead atoms. The van der Waals surface area contributed by atoms with E-state index in [0.717, 1.165) is 52.8 Å². The van der Waals surface area contributed by atoms with Crippen molar-refractivity contribution < 1.29 is 0 Å². The highest BCUT2D eigenvalue weighted by Gasteiger charge is 2.29. The molecule has 4 rings (SSSR count). The quantitative estimate of drug-likeness (QED) is 0.798. The second kappa shape index (κ2) is 9.59. The number of piperidine rings is 2. The molecule has 0 unspecified atom stereocenters. The zero-order chi connectivity index (χ0) is 17.2. The number of aryl methyl sites for hydroxylation is 1. The summed E-state index contributed by atoms with van der Waals surface area (Å²) in [6.07, 6.45) is 5.09. The van der Waals surface area contributed by atoms with Crippen LogP contribution in [0.2, 0.25) is 0 Å². The standard InChI is InChI=1S/C21H26N4.2ClH/c1-15-18-4-2-3-5-20(18)24-21(19(15)14-22)25-12-8-17(9-13-25)16-6-10-23-11-7-16;;/h2-5,16-17,23H,6-13H2,1H3;2*1H. The van der Waals surface area contributed by atoms with E-state index in [4.69, 9.17) is 4.98 Å². The van der Waals surface area contributed by atoms with Crippen molar-refractivity contribution in [2.24, 2.45) is 11.8 Å². The van der Waals surface area contributed by atoms with Gasteiger partial charge in [0.2, 0.25) is 0 Å². The molecule has 6 heteroatoms. The Morgan fingerprint density at radius 3 is 2.33 bits per heavy atom. The van der Waals surface area contributed by atoms with E-state index in [9.17, 15) is 5.26 Å². The predicted octanol–water partition coefficient (Wildman–Crippen LogP) is 4.47. The average Bonchev–Trinajstić information content (AvgIpc) is 2.69.